The molecule has 6 nitrogen and oxygen atoms in total. The normalized spacial score (nSPS) is 21.0. The molecule has 1 aliphatic rings. The zero-order valence-corrected chi connectivity index (χ0v) is 14.9. The Kier molecular flexibility index (Phi) is 5.06. The zero-order valence-electron chi connectivity index (χ0n) is 14.9. The van der Waals surface area contributed by atoms with Gasteiger partial charge in [0.2, 0.25) is 5.91 Å². The summed E-state index contributed by atoms with van der Waals surface area (Å²) >= 11 is 0. The first-order valence-corrected chi connectivity index (χ1v) is 8.15. The van der Waals surface area contributed by atoms with Crippen molar-refractivity contribution >= 4 is 12.0 Å². The number of likely N-dealkylation sites (tertiary alicyclic amines) is 1. The van der Waals surface area contributed by atoms with Crippen LogP contribution < -0.4 is 4.74 Å². The molecule has 0 spiro atoms. The highest BCUT2D eigenvalue weighted by Crippen LogP contribution is 2.36. The van der Waals surface area contributed by atoms with Gasteiger partial charge in [-0.2, -0.15) is 0 Å². The van der Waals surface area contributed by atoms with Crippen molar-refractivity contribution in [3.8, 4) is 5.75 Å². The lowest BCUT2D eigenvalue weighted by atomic mass is 9.90. The lowest BCUT2D eigenvalue weighted by molar-refractivity contribution is -0.133. The molecule has 1 heterocycles. The van der Waals surface area contributed by atoms with Gasteiger partial charge in [-0.1, -0.05) is 12.1 Å². The Hall–Kier alpha value is -2.24. The van der Waals surface area contributed by atoms with Gasteiger partial charge in [0.1, 0.15) is 11.8 Å². The number of amides is 2. The van der Waals surface area contributed by atoms with Crippen LogP contribution in [0.1, 0.15) is 39.2 Å². The number of carboxylic acid groups (broad SMARTS) is 1. The summed E-state index contributed by atoms with van der Waals surface area (Å²) in [6.45, 7) is 8.44. The molecule has 1 aromatic rings. The van der Waals surface area contributed by atoms with Gasteiger partial charge in [-0.15, -0.1) is 0 Å². The van der Waals surface area contributed by atoms with Crippen LogP contribution in [0.3, 0.4) is 0 Å². The predicted molar refractivity (Wildman–Crippen MR) is 91.4 cm³/mol. The maximum atomic E-state index is 12.8. The van der Waals surface area contributed by atoms with E-state index in [1.807, 2.05) is 52.0 Å². The van der Waals surface area contributed by atoms with Crippen molar-refractivity contribution in [3.05, 3.63) is 29.8 Å². The van der Waals surface area contributed by atoms with Gasteiger partial charge in [0.15, 0.2) is 0 Å². The van der Waals surface area contributed by atoms with Crippen LogP contribution >= 0.6 is 0 Å². The second-order valence-corrected chi connectivity index (χ2v) is 7.02. The first kappa shape index (κ1) is 18.1. The number of ether oxygens (including phenoxy) is 1. The van der Waals surface area contributed by atoms with E-state index in [9.17, 15) is 14.7 Å². The van der Waals surface area contributed by atoms with Gasteiger partial charge < -0.3 is 14.7 Å². The van der Waals surface area contributed by atoms with E-state index in [4.69, 9.17) is 4.74 Å². The average Bonchev–Trinajstić information content (AvgIpc) is 2.83. The highest BCUT2D eigenvalue weighted by molar-refractivity contribution is 5.89. The van der Waals surface area contributed by atoms with Gasteiger partial charge in [0.05, 0.1) is 7.11 Å². The maximum Gasteiger partial charge on any atom is 0.408 e. The Balaban J connectivity index is 2.46. The van der Waals surface area contributed by atoms with E-state index < -0.39 is 17.7 Å². The van der Waals surface area contributed by atoms with Gasteiger partial charge in [-0.25, -0.2) is 4.79 Å². The molecule has 1 aliphatic heterocycles. The summed E-state index contributed by atoms with van der Waals surface area (Å²) in [5, 5.41) is 9.73. The van der Waals surface area contributed by atoms with Gasteiger partial charge in [-0.05, 0) is 45.4 Å². The molecule has 0 saturated carbocycles. The average molecular weight is 334 g/mol. The van der Waals surface area contributed by atoms with E-state index in [2.05, 4.69) is 0 Å². The molecule has 0 aliphatic carbocycles. The number of benzene rings is 1. The molecule has 1 aromatic carbocycles. The summed E-state index contributed by atoms with van der Waals surface area (Å²) in [5.41, 5.74) is 0.279. The van der Waals surface area contributed by atoms with Gasteiger partial charge in [0.25, 0.3) is 0 Å². The third kappa shape index (κ3) is 3.32. The van der Waals surface area contributed by atoms with Crippen LogP contribution in [0.4, 0.5) is 4.79 Å². The highest BCUT2D eigenvalue weighted by atomic mass is 16.5. The molecule has 1 saturated heterocycles. The number of rotatable bonds is 4. The van der Waals surface area contributed by atoms with Crippen molar-refractivity contribution < 1.29 is 19.4 Å². The minimum absolute atomic E-state index is 0.129. The van der Waals surface area contributed by atoms with Crippen LogP contribution in [-0.2, 0) is 4.79 Å². The summed E-state index contributed by atoms with van der Waals surface area (Å²) in [6, 6.07) is 6.79. The van der Waals surface area contributed by atoms with E-state index in [1.54, 1.807) is 12.0 Å². The largest absolute Gasteiger partial charge is 0.497 e. The van der Waals surface area contributed by atoms with E-state index in [0.29, 0.717) is 13.1 Å². The molecule has 24 heavy (non-hydrogen) atoms. The molecule has 0 aromatic heterocycles. The Labute approximate surface area is 143 Å². The van der Waals surface area contributed by atoms with Crippen molar-refractivity contribution in [3.63, 3.8) is 0 Å². The lowest BCUT2D eigenvalue weighted by Crippen LogP contribution is -2.55. The molecule has 1 fully saturated rings. The molecule has 0 radical (unpaired) electrons. The molecule has 0 unspecified atom stereocenters. The van der Waals surface area contributed by atoms with Crippen molar-refractivity contribution in [2.24, 2.45) is 0 Å². The van der Waals surface area contributed by atoms with Crippen LogP contribution in [0.15, 0.2) is 24.3 Å². The molecule has 1 N–H and O–H groups in total. The Morgan fingerprint density at radius 1 is 1.33 bits per heavy atom. The first-order valence-electron chi connectivity index (χ1n) is 8.15. The molecule has 132 valence electrons. The first-order chi connectivity index (χ1) is 11.2. The van der Waals surface area contributed by atoms with Crippen LogP contribution in [0, 0.1) is 0 Å². The van der Waals surface area contributed by atoms with E-state index in [-0.39, 0.29) is 11.8 Å². The summed E-state index contributed by atoms with van der Waals surface area (Å²) in [7, 11) is 1.60. The summed E-state index contributed by atoms with van der Waals surface area (Å²) in [4.78, 5) is 27.7. The van der Waals surface area contributed by atoms with Gasteiger partial charge in [0, 0.05) is 24.5 Å². The summed E-state index contributed by atoms with van der Waals surface area (Å²) < 4.78 is 5.18. The number of hydrogen-bond donors (Lipinski definition) is 1. The number of likely N-dealkylation sites (N-methyl/N-ethyl adjacent to an activating group) is 1. The Morgan fingerprint density at radius 2 is 1.92 bits per heavy atom. The molecule has 2 atom stereocenters. The third-order valence-corrected chi connectivity index (χ3v) is 4.50. The quantitative estimate of drug-likeness (QED) is 0.919. The van der Waals surface area contributed by atoms with Crippen molar-refractivity contribution in [2.45, 2.75) is 45.2 Å². The van der Waals surface area contributed by atoms with Crippen molar-refractivity contribution in [1.82, 2.24) is 9.80 Å². The molecular weight excluding hydrogens is 308 g/mol. The zero-order chi connectivity index (χ0) is 18.1. The van der Waals surface area contributed by atoms with Crippen molar-refractivity contribution in [2.75, 3.05) is 20.2 Å². The minimum atomic E-state index is -1.07. The van der Waals surface area contributed by atoms with Crippen molar-refractivity contribution in [1.29, 1.82) is 0 Å². The Bertz CT molecular complexity index is 606. The SMILES string of the molecule is CCN1C[C@@H](c2ccc(OC)cc2)[C@H](N(C(=O)O)C(C)(C)C)C1=O. The minimum Gasteiger partial charge on any atom is -0.497 e. The number of carbonyl (C=O) groups is 2. The van der Waals surface area contributed by atoms with E-state index >= 15 is 0 Å². The molecule has 6 heteroatoms. The third-order valence-electron chi connectivity index (χ3n) is 4.50. The van der Waals surface area contributed by atoms with Crippen LogP contribution in [0.5, 0.6) is 5.75 Å². The van der Waals surface area contributed by atoms with Crippen LogP contribution in [0.25, 0.3) is 0 Å². The van der Waals surface area contributed by atoms with E-state index in [1.165, 1.54) is 4.90 Å². The number of carbonyl (C=O) groups excluding carboxylic acids is 1. The summed E-state index contributed by atoms with van der Waals surface area (Å²) in [5.74, 6) is 0.409. The van der Waals surface area contributed by atoms with Gasteiger partial charge >= 0.3 is 6.09 Å². The topological polar surface area (TPSA) is 70.1 Å². The highest BCUT2D eigenvalue weighted by Gasteiger charge is 2.49. The fourth-order valence-electron chi connectivity index (χ4n) is 3.32. The van der Waals surface area contributed by atoms with E-state index in [0.717, 1.165) is 11.3 Å². The molecule has 2 rings (SSSR count). The van der Waals surface area contributed by atoms with Crippen LogP contribution in [0.2, 0.25) is 0 Å². The maximum absolute atomic E-state index is 12.8. The smallest absolute Gasteiger partial charge is 0.408 e. The Morgan fingerprint density at radius 3 is 2.33 bits per heavy atom. The van der Waals surface area contributed by atoms with Crippen LogP contribution in [-0.4, -0.2) is 58.7 Å². The molecule has 0 bridgehead atoms. The second kappa shape index (κ2) is 6.71. The molecular formula is C18H26N2O4. The summed E-state index contributed by atoms with van der Waals surface area (Å²) in [6.07, 6.45) is -1.07. The van der Waals surface area contributed by atoms with Gasteiger partial charge in [-0.3, -0.25) is 9.69 Å². The fraction of sp³-hybridized carbons (Fsp3) is 0.556. The molecule has 2 amide bonds. The standard InChI is InChI=1S/C18H26N2O4/c1-6-19-11-14(12-7-9-13(24-5)10-8-12)15(16(19)21)20(17(22)23)18(2,3)4/h7-10,14-15H,6,11H2,1-5H3,(H,22,23)/t14-,15-/m0/s1. The lowest BCUT2D eigenvalue weighted by Gasteiger charge is -2.39. The number of nitrogens with zero attached hydrogens (tertiary/aromatic N) is 2. The predicted octanol–water partition coefficient (Wildman–Crippen LogP) is 2.79. The number of methoxy groups -OCH3 is 1. The second-order valence-electron chi connectivity index (χ2n) is 7.02. The fourth-order valence-corrected chi connectivity index (χ4v) is 3.32. The monoisotopic (exact) mass is 334 g/mol. The number of hydrogen-bond acceptors (Lipinski definition) is 3.